The van der Waals surface area contributed by atoms with Crippen molar-refractivity contribution < 1.29 is 0 Å². The fourth-order valence-corrected chi connectivity index (χ4v) is 4.27. The van der Waals surface area contributed by atoms with E-state index in [4.69, 9.17) is 9.98 Å². The molecule has 5 nitrogen and oxygen atoms in total. The Morgan fingerprint density at radius 3 is 2.69 bits per heavy atom. The number of aliphatic imine (C=N–C) groups is 1. The Kier molecular flexibility index (Phi) is 7.90. The molecule has 146 valence electrons. The molecule has 0 amide bonds. The first-order chi connectivity index (χ1) is 12.0. The molecule has 0 bridgehead atoms. The van der Waals surface area contributed by atoms with E-state index in [0.717, 1.165) is 49.4 Å². The highest BCUT2D eigenvalue weighted by Crippen LogP contribution is 2.24. The van der Waals surface area contributed by atoms with Crippen LogP contribution in [0.2, 0.25) is 0 Å². The van der Waals surface area contributed by atoms with E-state index in [2.05, 4.69) is 60.3 Å². The number of likely N-dealkylation sites (tertiary alicyclic amines) is 1. The van der Waals surface area contributed by atoms with Crippen LogP contribution in [0.3, 0.4) is 0 Å². The second-order valence-corrected chi connectivity index (χ2v) is 8.80. The van der Waals surface area contributed by atoms with Gasteiger partial charge in [0.25, 0.3) is 0 Å². The number of rotatable bonds is 4. The van der Waals surface area contributed by atoms with Crippen LogP contribution < -0.4 is 5.32 Å². The molecule has 7 heteroatoms. The van der Waals surface area contributed by atoms with Crippen LogP contribution in [0.1, 0.15) is 44.8 Å². The van der Waals surface area contributed by atoms with Crippen LogP contribution in [0.4, 0.5) is 0 Å². The summed E-state index contributed by atoms with van der Waals surface area (Å²) in [6, 6.07) is 0.645. The molecular formula is C19H32IN5S. The molecule has 1 fully saturated rings. The summed E-state index contributed by atoms with van der Waals surface area (Å²) < 4.78 is 0. The SMILES string of the molecule is CCNC(=NCc1nc(C(C)(C)C)cs1)N1CCC(N2CC=CC2)C1.I. The van der Waals surface area contributed by atoms with Crippen molar-refractivity contribution in [2.24, 2.45) is 4.99 Å². The Balaban J connectivity index is 0.00000243. The van der Waals surface area contributed by atoms with Gasteiger partial charge in [0.2, 0.25) is 0 Å². The summed E-state index contributed by atoms with van der Waals surface area (Å²) in [6.07, 6.45) is 5.77. The zero-order chi connectivity index (χ0) is 17.9. The summed E-state index contributed by atoms with van der Waals surface area (Å²) >= 11 is 1.72. The third-order valence-corrected chi connectivity index (χ3v) is 5.68. The molecule has 3 heterocycles. The van der Waals surface area contributed by atoms with Crippen LogP contribution in [0.15, 0.2) is 22.5 Å². The van der Waals surface area contributed by atoms with Gasteiger partial charge in [-0.05, 0) is 13.3 Å². The smallest absolute Gasteiger partial charge is 0.194 e. The number of hydrogen-bond donors (Lipinski definition) is 1. The molecule has 1 atom stereocenters. The Hall–Kier alpha value is -0.670. The lowest BCUT2D eigenvalue weighted by molar-refractivity contribution is 0.259. The number of nitrogens with one attached hydrogen (secondary N) is 1. The van der Waals surface area contributed by atoms with Crippen LogP contribution in [0.25, 0.3) is 0 Å². The van der Waals surface area contributed by atoms with Crippen LogP contribution in [-0.2, 0) is 12.0 Å². The fraction of sp³-hybridized carbons (Fsp3) is 0.684. The summed E-state index contributed by atoms with van der Waals surface area (Å²) in [4.78, 5) is 14.6. The Morgan fingerprint density at radius 2 is 2.08 bits per heavy atom. The molecular weight excluding hydrogens is 457 g/mol. The lowest BCUT2D eigenvalue weighted by Crippen LogP contribution is -2.42. The van der Waals surface area contributed by atoms with E-state index >= 15 is 0 Å². The predicted octanol–water partition coefficient (Wildman–Crippen LogP) is 3.47. The van der Waals surface area contributed by atoms with Gasteiger partial charge in [0.15, 0.2) is 5.96 Å². The van der Waals surface area contributed by atoms with Crippen molar-refractivity contribution in [2.75, 3.05) is 32.7 Å². The van der Waals surface area contributed by atoms with E-state index < -0.39 is 0 Å². The first kappa shape index (κ1) is 21.6. The zero-order valence-electron chi connectivity index (χ0n) is 16.4. The Labute approximate surface area is 179 Å². The maximum absolute atomic E-state index is 4.87. The Morgan fingerprint density at radius 1 is 1.35 bits per heavy atom. The van der Waals surface area contributed by atoms with Crippen LogP contribution in [0, 0.1) is 0 Å². The largest absolute Gasteiger partial charge is 0.357 e. The topological polar surface area (TPSA) is 43.8 Å². The lowest BCUT2D eigenvalue weighted by atomic mass is 9.93. The molecule has 0 saturated carbocycles. The van der Waals surface area contributed by atoms with Gasteiger partial charge >= 0.3 is 0 Å². The molecule has 0 aliphatic carbocycles. The molecule has 3 rings (SSSR count). The van der Waals surface area contributed by atoms with Crippen molar-refractivity contribution in [1.82, 2.24) is 20.1 Å². The molecule has 1 saturated heterocycles. The summed E-state index contributed by atoms with van der Waals surface area (Å²) in [5.74, 6) is 1.03. The number of aromatic nitrogens is 1. The van der Waals surface area contributed by atoms with E-state index in [1.807, 2.05) is 0 Å². The zero-order valence-corrected chi connectivity index (χ0v) is 19.5. The van der Waals surface area contributed by atoms with Crippen molar-refractivity contribution >= 4 is 41.3 Å². The molecule has 1 aromatic heterocycles. The minimum Gasteiger partial charge on any atom is -0.357 e. The van der Waals surface area contributed by atoms with Gasteiger partial charge in [-0.1, -0.05) is 32.9 Å². The second-order valence-electron chi connectivity index (χ2n) is 7.86. The number of guanidine groups is 1. The van der Waals surface area contributed by atoms with E-state index in [1.165, 1.54) is 6.42 Å². The van der Waals surface area contributed by atoms with Crippen molar-refractivity contribution in [3.05, 3.63) is 28.2 Å². The molecule has 0 aromatic carbocycles. The number of halogens is 1. The number of thiazole rings is 1. The molecule has 1 unspecified atom stereocenters. The van der Waals surface area contributed by atoms with E-state index in [1.54, 1.807) is 11.3 Å². The maximum Gasteiger partial charge on any atom is 0.194 e. The maximum atomic E-state index is 4.87. The highest BCUT2D eigenvalue weighted by molar-refractivity contribution is 14.0. The van der Waals surface area contributed by atoms with Gasteiger partial charge in [0.1, 0.15) is 5.01 Å². The molecule has 2 aliphatic rings. The molecule has 1 N–H and O–H groups in total. The Bertz CT molecular complexity index is 626. The summed E-state index contributed by atoms with van der Waals surface area (Å²) in [6.45, 7) is 14.7. The summed E-state index contributed by atoms with van der Waals surface area (Å²) in [7, 11) is 0. The first-order valence-electron chi connectivity index (χ1n) is 9.34. The van der Waals surface area contributed by atoms with Crippen LogP contribution in [-0.4, -0.2) is 59.5 Å². The minimum atomic E-state index is 0. The molecule has 0 spiro atoms. The minimum absolute atomic E-state index is 0. The van der Waals surface area contributed by atoms with Crippen molar-refractivity contribution in [3.63, 3.8) is 0 Å². The van der Waals surface area contributed by atoms with Crippen LogP contribution in [0.5, 0.6) is 0 Å². The quantitative estimate of drug-likeness (QED) is 0.305. The van der Waals surface area contributed by atoms with Crippen molar-refractivity contribution in [1.29, 1.82) is 0 Å². The van der Waals surface area contributed by atoms with Gasteiger partial charge in [-0.15, -0.1) is 35.3 Å². The van der Waals surface area contributed by atoms with Crippen molar-refractivity contribution in [2.45, 2.75) is 52.1 Å². The van der Waals surface area contributed by atoms with Crippen LogP contribution >= 0.6 is 35.3 Å². The predicted molar refractivity (Wildman–Crippen MR) is 122 cm³/mol. The molecule has 26 heavy (non-hydrogen) atoms. The lowest BCUT2D eigenvalue weighted by Gasteiger charge is -2.25. The standard InChI is InChI=1S/C19H31N5S.HI/c1-5-20-18(21-12-17-22-16(14-25-17)19(2,3)4)24-11-8-15(13-24)23-9-6-7-10-23;/h6-7,14-15H,5,8-13H2,1-4H3,(H,20,21);1H. The first-order valence-corrected chi connectivity index (χ1v) is 10.2. The average molecular weight is 489 g/mol. The number of hydrogen-bond acceptors (Lipinski definition) is 4. The van der Waals surface area contributed by atoms with E-state index in [-0.39, 0.29) is 29.4 Å². The average Bonchev–Trinajstić information content (AvgIpc) is 3.31. The monoisotopic (exact) mass is 489 g/mol. The number of nitrogens with zero attached hydrogens (tertiary/aromatic N) is 4. The van der Waals surface area contributed by atoms with E-state index in [0.29, 0.717) is 12.6 Å². The third-order valence-electron chi connectivity index (χ3n) is 4.84. The molecule has 0 radical (unpaired) electrons. The van der Waals surface area contributed by atoms with Gasteiger partial charge in [-0.2, -0.15) is 0 Å². The summed E-state index contributed by atoms with van der Waals surface area (Å²) in [5.41, 5.74) is 1.27. The van der Waals surface area contributed by atoms with Gasteiger partial charge in [-0.25, -0.2) is 9.98 Å². The van der Waals surface area contributed by atoms with Gasteiger partial charge in [0, 0.05) is 49.6 Å². The van der Waals surface area contributed by atoms with Gasteiger partial charge in [0.05, 0.1) is 12.2 Å². The van der Waals surface area contributed by atoms with Crippen molar-refractivity contribution in [3.8, 4) is 0 Å². The third kappa shape index (κ3) is 5.42. The second kappa shape index (κ2) is 9.50. The highest BCUT2D eigenvalue weighted by Gasteiger charge is 2.29. The fourth-order valence-electron chi connectivity index (χ4n) is 3.32. The molecule has 1 aromatic rings. The summed E-state index contributed by atoms with van der Waals surface area (Å²) in [5, 5.41) is 6.73. The van der Waals surface area contributed by atoms with Gasteiger partial charge in [-0.3, -0.25) is 4.90 Å². The van der Waals surface area contributed by atoms with E-state index in [9.17, 15) is 0 Å². The highest BCUT2D eigenvalue weighted by atomic mass is 127. The molecule has 2 aliphatic heterocycles. The van der Waals surface area contributed by atoms with Gasteiger partial charge < -0.3 is 10.2 Å². The normalized spacial score (nSPS) is 21.3.